The zero-order valence-electron chi connectivity index (χ0n) is 14.0. The first kappa shape index (κ1) is 18.2. The lowest BCUT2D eigenvalue weighted by Crippen LogP contribution is -2.48. The number of nitrogens with zero attached hydrogens (tertiary/aromatic N) is 2. The molecule has 0 bridgehead atoms. The molecule has 0 saturated carbocycles. The average Bonchev–Trinajstić information content (AvgIpc) is 2.54. The van der Waals surface area contributed by atoms with Crippen LogP contribution in [0.1, 0.15) is 19.5 Å². The molecule has 1 atom stereocenters. The van der Waals surface area contributed by atoms with E-state index in [-0.39, 0.29) is 12.0 Å². The van der Waals surface area contributed by atoms with Gasteiger partial charge in [0.15, 0.2) is 0 Å². The average molecular weight is 337 g/mol. The van der Waals surface area contributed by atoms with E-state index in [9.17, 15) is 4.79 Å². The van der Waals surface area contributed by atoms with Gasteiger partial charge in [-0.05, 0) is 18.1 Å². The number of carbonyl (C=O) groups excluding carboxylic acids is 1. The van der Waals surface area contributed by atoms with Crippen molar-refractivity contribution < 1.29 is 9.53 Å². The van der Waals surface area contributed by atoms with E-state index in [1.54, 1.807) is 18.0 Å². The van der Waals surface area contributed by atoms with Gasteiger partial charge >= 0.3 is 0 Å². The number of hydrogen-bond donors (Lipinski definition) is 1. The van der Waals surface area contributed by atoms with E-state index in [1.165, 1.54) is 0 Å². The number of rotatable bonds is 8. The Kier molecular flexibility index (Phi) is 7.85. The van der Waals surface area contributed by atoms with Crippen molar-refractivity contribution in [3.05, 3.63) is 30.1 Å². The van der Waals surface area contributed by atoms with Crippen molar-refractivity contribution in [2.24, 2.45) is 5.92 Å². The van der Waals surface area contributed by atoms with E-state index in [0.717, 1.165) is 37.7 Å². The molecule has 1 aromatic rings. The molecule has 1 N–H and O–H groups in total. The highest BCUT2D eigenvalue weighted by atomic mass is 32.2. The summed E-state index contributed by atoms with van der Waals surface area (Å²) in [6.45, 7) is 8.78. The molecule has 2 rings (SSSR count). The molecular formula is C17H27N3O2S. The Balaban J connectivity index is 1.60. The lowest BCUT2D eigenvalue weighted by molar-refractivity contribution is -0.119. The fraction of sp³-hybridized carbons (Fsp3) is 0.647. The Hall–Kier alpha value is -1.11. The zero-order valence-corrected chi connectivity index (χ0v) is 14.8. The van der Waals surface area contributed by atoms with Crippen LogP contribution in [0, 0.1) is 5.92 Å². The number of hydrogen-bond acceptors (Lipinski definition) is 5. The molecule has 2 heterocycles. The number of morpholine rings is 1. The molecule has 23 heavy (non-hydrogen) atoms. The number of amides is 1. The molecule has 6 heteroatoms. The van der Waals surface area contributed by atoms with Gasteiger partial charge in [0.2, 0.25) is 5.91 Å². The Morgan fingerprint density at radius 2 is 2.39 bits per heavy atom. The van der Waals surface area contributed by atoms with Crippen LogP contribution in [0.2, 0.25) is 0 Å². The van der Waals surface area contributed by atoms with Gasteiger partial charge < -0.3 is 10.1 Å². The standard InChI is InChI=1S/C17H27N3O2S/c1-14(2)10-20-7-8-22-16(11-20)9-19-17(21)13-23-12-15-5-3-4-6-18-15/h3-6,14,16H,7-13H2,1-2H3,(H,19,21)/t16-/m0/s1. The number of pyridine rings is 1. The molecule has 1 aromatic heterocycles. The third kappa shape index (κ3) is 7.33. The van der Waals surface area contributed by atoms with E-state index in [1.807, 2.05) is 18.2 Å². The first-order valence-electron chi connectivity index (χ1n) is 8.22. The molecule has 1 aliphatic rings. The van der Waals surface area contributed by atoms with Gasteiger partial charge in [-0.1, -0.05) is 19.9 Å². The molecule has 0 spiro atoms. The van der Waals surface area contributed by atoms with Crippen LogP contribution in [0.5, 0.6) is 0 Å². The maximum Gasteiger partial charge on any atom is 0.230 e. The molecule has 1 aliphatic heterocycles. The van der Waals surface area contributed by atoms with Gasteiger partial charge in [0, 0.05) is 38.1 Å². The molecule has 128 valence electrons. The van der Waals surface area contributed by atoms with E-state index in [2.05, 4.69) is 29.0 Å². The quantitative estimate of drug-likeness (QED) is 0.784. The van der Waals surface area contributed by atoms with Gasteiger partial charge in [-0.25, -0.2) is 0 Å². The van der Waals surface area contributed by atoms with Crippen LogP contribution in [-0.4, -0.2) is 60.4 Å². The summed E-state index contributed by atoms with van der Waals surface area (Å²) in [5.41, 5.74) is 1.00. The van der Waals surface area contributed by atoms with Gasteiger partial charge in [-0.2, -0.15) is 0 Å². The highest BCUT2D eigenvalue weighted by molar-refractivity contribution is 7.99. The van der Waals surface area contributed by atoms with Gasteiger partial charge in [-0.3, -0.25) is 14.7 Å². The first-order valence-corrected chi connectivity index (χ1v) is 9.37. The minimum absolute atomic E-state index is 0.0653. The monoisotopic (exact) mass is 337 g/mol. The predicted molar refractivity (Wildman–Crippen MR) is 94.4 cm³/mol. The molecule has 5 nitrogen and oxygen atoms in total. The van der Waals surface area contributed by atoms with E-state index >= 15 is 0 Å². The molecule has 1 fully saturated rings. The summed E-state index contributed by atoms with van der Waals surface area (Å²) in [5.74, 6) is 1.94. The number of ether oxygens (including phenoxy) is 1. The van der Waals surface area contributed by atoms with Crippen LogP contribution in [0.3, 0.4) is 0 Å². The van der Waals surface area contributed by atoms with Crippen molar-refractivity contribution in [1.82, 2.24) is 15.2 Å². The summed E-state index contributed by atoms with van der Waals surface area (Å²) < 4.78 is 5.74. The SMILES string of the molecule is CC(C)CN1CCO[C@@H](CNC(=O)CSCc2ccccn2)C1. The molecule has 1 saturated heterocycles. The van der Waals surface area contributed by atoms with Gasteiger partial charge in [0.1, 0.15) is 0 Å². The molecule has 0 unspecified atom stereocenters. The Morgan fingerprint density at radius 1 is 1.52 bits per heavy atom. The third-order valence-corrected chi connectivity index (χ3v) is 4.55. The van der Waals surface area contributed by atoms with Gasteiger partial charge in [0.25, 0.3) is 0 Å². The van der Waals surface area contributed by atoms with Crippen molar-refractivity contribution in [2.45, 2.75) is 25.7 Å². The second kappa shape index (κ2) is 9.90. The topological polar surface area (TPSA) is 54.5 Å². The van der Waals surface area contributed by atoms with Crippen LogP contribution >= 0.6 is 11.8 Å². The Morgan fingerprint density at radius 3 is 3.13 bits per heavy atom. The zero-order chi connectivity index (χ0) is 16.5. The van der Waals surface area contributed by atoms with Gasteiger partial charge in [-0.15, -0.1) is 11.8 Å². The number of aromatic nitrogens is 1. The Bertz CT molecular complexity index is 470. The maximum absolute atomic E-state index is 11.9. The van der Waals surface area contributed by atoms with E-state index in [0.29, 0.717) is 18.2 Å². The normalized spacial score (nSPS) is 19.0. The molecule has 0 aromatic carbocycles. The van der Waals surface area contributed by atoms with Crippen LogP contribution < -0.4 is 5.32 Å². The number of thioether (sulfide) groups is 1. The molecule has 0 aliphatic carbocycles. The Labute approximate surface area is 143 Å². The largest absolute Gasteiger partial charge is 0.374 e. The summed E-state index contributed by atoms with van der Waals surface area (Å²) in [6.07, 6.45) is 1.88. The molecule has 1 amide bonds. The minimum Gasteiger partial charge on any atom is -0.374 e. The lowest BCUT2D eigenvalue weighted by Gasteiger charge is -2.33. The van der Waals surface area contributed by atoms with Crippen LogP contribution in [0.15, 0.2) is 24.4 Å². The van der Waals surface area contributed by atoms with Crippen LogP contribution in [-0.2, 0) is 15.3 Å². The van der Waals surface area contributed by atoms with Crippen molar-refractivity contribution >= 4 is 17.7 Å². The van der Waals surface area contributed by atoms with Crippen molar-refractivity contribution in [3.8, 4) is 0 Å². The number of nitrogens with one attached hydrogen (secondary N) is 1. The summed E-state index contributed by atoms with van der Waals surface area (Å²) in [5, 5.41) is 2.98. The van der Waals surface area contributed by atoms with Crippen LogP contribution in [0.4, 0.5) is 0 Å². The fourth-order valence-electron chi connectivity index (χ4n) is 2.60. The number of carbonyl (C=O) groups is 1. The highest BCUT2D eigenvalue weighted by Gasteiger charge is 2.21. The molecular weight excluding hydrogens is 310 g/mol. The smallest absolute Gasteiger partial charge is 0.230 e. The van der Waals surface area contributed by atoms with Crippen molar-refractivity contribution in [1.29, 1.82) is 0 Å². The predicted octanol–water partition coefficient (Wildman–Crippen LogP) is 1.79. The highest BCUT2D eigenvalue weighted by Crippen LogP contribution is 2.10. The maximum atomic E-state index is 11.9. The van der Waals surface area contributed by atoms with Gasteiger partial charge in [0.05, 0.1) is 24.2 Å². The fourth-order valence-corrected chi connectivity index (χ4v) is 3.37. The second-order valence-electron chi connectivity index (χ2n) is 6.26. The summed E-state index contributed by atoms with van der Waals surface area (Å²) in [7, 11) is 0. The van der Waals surface area contributed by atoms with E-state index in [4.69, 9.17) is 4.74 Å². The first-order chi connectivity index (χ1) is 11.1. The summed E-state index contributed by atoms with van der Waals surface area (Å²) >= 11 is 1.58. The summed E-state index contributed by atoms with van der Waals surface area (Å²) in [4.78, 5) is 18.6. The lowest BCUT2D eigenvalue weighted by atomic mass is 10.2. The molecule has 0 radical (unpaired) electrons. The summed E-state index contributed by atoms with van der Waals surface area (Å²) in [6, 6.07) is 5.84. The van der Waals surface area contributed by atoms with Crippen molar-refractivity contribution in [3.63, 3.8) is 0 Å². The third-order valence-electron chi connectivity index (χ3n) is 3.58. The second-order valence-corrected chi connectivity index (χ2v) is 7.25. The van der Waals surface area contributed by atoms with Crippen LogP contribution in [0.25, 0.3) is 0 Å². The van der Waals surface area contributed by atoms with Crippen molar-refractivity contribution in [2.75, 3.05) is 38.5 Å². The van der Waals surface area contributed by atoms with E-state index < -0.39 is 0 Å². The minimum atomic E-state index is 0.0653.